The molecule has 0 fully saturated rings. The Balaban J connectivity index is 2.57. The molecule has 84 valence electrons. The molecule has 0 saturated carbocycles. The lowest BCUT2D eigenvalue weighted by molar-refractivity contribution is 0.0886. The second kappa shape index (κ2) is 6.33. The molecule has 0 amide bonds. The van der Waals surface area contributed by atoms with Crippen molar-refractivity contribution in [2.45, 2.75) is 19.4 Å². The fraction of sp³-hybridized carbons (Fsp3) is 0.455. The molecule has 0 aliphatic carbocycles. The number of benzene rings is 1. The average Bonchev–Trinajstić information content (AvgIpc) is 2.22. The van der Waals surface area contributed by atoms with Gasteiger partial charge in [0.25, 0.3) is 0 Å². The molecule has 0 aliphatic rings. The monoisotopic (exact) mass is 248 g/mol. The summed E-state index contributed by atoms with van der Waals surface area (Å²) in [4.78, 5) is 0. The minimum absolute atomic E-state index is 0.463. The highest BCUT2D eigenvalue weighted by Crippen LogP contribution is 2.26. The van der Waals surface area contributed by atoms with E-state index in [1.807, 2.05) is 6.92 Å². The molecule has 0 spiro atoms. The van der Waals surface area contributed by atoms with E-state index in [-0.39, 0.29) is 0 Å². The van der Waals surface area contributed by atoms with E-state index in [9.17, 15) is 5.11 Å². The Hall–Kier alpha value is -0.280. The Kier molecular flexibility index (Phi) is 5.40. The van der Waals surface area contributed by atoms with Crippen LogP contribution in [0.2, 0.25) is 10.0 Å². The fourth-order valence-electron chi connectivity index (χ4n) is 1.23. The van der Waals surface area contributed by atoms with Crippen molar-refractivity contribution < 1.29 is 9.84 Å². The van der Waals surface area contributed by atoms with Crippen LogP contribution >= 0.6 is 23.2 Å². The van der Waals surface area contributed by atoms with Crippen LogP contribution in [0.4, 0.5) is 0 Å². The van der Waals surface area contributed by atoms with Gasteiger partial charge in [0.15, 0.2) is 0 Å². The highest BCUT2D eigenvalue weighted by molar-refractivity contribution is 6.42. The smallest absolute Gasteiger partial charge is 0.0812 e. The number of halogens is 2. The van der Waals surface area contributed by atoms with Gasteiger partial charge in [-0.25, -0.2) is 0 Å². The maximum Gasteiger partial charge on any atom is 0.0812 e. The Labute approximate surface area is 99.8 Å². The van der Waals surface area contributed by atoms with Crippen molar-refractivity contribution in [1.29, 1.82) is 0 Å². The molecule has 4 heteroatoms. The zero-order valence-corrected chi connectivity index (χ0v) is 10.1. The van der Waals surface area contributed by atoms with Crippen molar-refractivity contribution >= 4 is 23.2 Å². The molecule has 1 aromatic rings. The molecule has 0 radical (unpaired) electrons. The number of aliphatic hydroxyl groups excluding tert-OH is 1. The van der Waals surface area contributed by atoms with Gasteiger partial charge in [-0.15, -0.1) is 0 Å². The lowest BCUT2D eigenvalue weighted by atomic mass is 10.1. The topological polar surface area (TPSA) is 29.5 Å². The summed E-state index contributed by atoms with van der Waals surface area (Å²) in [6.07, 6.45) is 0.0116. The van der Waals surface area contributed by atoms with Gasteiger partial charge >= 0.3 is 0 Å². The molecule has 1 N–H and O–H groups in total. The van der Waals surface area contributed by atoms with E-state index in [4.69, 9.17) is 27.9 Å². The van der Waals surface area contributed by atoms with E-state index < -0.39 is 6.10 Å². The normalized spacial score (nSPS) is 12.8. The van der Waals surface area contributed by atoms with Gasteiger partial charge in [-0.05, 0) is 24.6 Å². The third-order valence-electron chi connectivity index (χ3n) is 2.07. The lowest BCUT2D eigenvalue weighted by Crippen LogP contribution is -2.03. The van der Waals surface area contributed by atoms with Crippen LogP contribution in [-0.2, 0) is 4.74 Å². The highest BCUT2D eigenvalue weighted by atomic mass is 35.5. The van der Waals surface area contributed by atoms with E-state index in [1.165, 1.54) is 0 Å². The molecule has 2 nitrogen and oxygen atoms in total. The van der Waals surface area contributed by atoms with Crippen molar-refractivity contribution in [3.05, 3.63) is 33.8 Å². The Bertz CT molecular complexity index is 315. The number of aliphatic hydroxyl groups is 1. The molecule has 0 aliphatic heterocycles. The van der Waals surface area contributed by atoms with Crippen molar-refractivity contribution in [3.63, 3.8) is 0 Å². The fourth-order valence-corrected chi connectivity index (χ4v) is 1.53. The SMILES string of the molecule is CCOCCC(O)c1ccc(Cl)c(Cl)c1. The molecular formula is C11H14Cl2O2. The molecule has 1 rings (SSSR count). The van der Waals surface area contributed by atoms with Crippen LogP contribution in [0.25, 0.3) is 0 Å². The predicted molar refractivity (Wildman–Crippen MR) is 62.5 cm³/mol. The van der Waals surface area contributed by atoms with E-state index in [2.05, 4.69) is 0 Å². The maximum atomic E-state index is 9.78. The average molecular weight is 249 g/mol. The second-order valence-electron chi connectivity index (χ2n) is 3.17. The van der Waals surface area contributed by atoms with Crippen molar-refractivity contribution in [2.24, 2.45) is 0 Å². The van der Waals surface area contributed by atoms with E-state index in [1.54, 1.807) is 18.2 Å². The predicted octanol–water partition coefficient (Wildman–Crippen LogP) is 3.45. The maximum absolute atomic E-state index is 9.78. The minimum Gasteiger partial charge on any atom is -0.388 e. The first kappa shape index (κ1) is 12.8. The summed E-state index contributed by atoms with van der Waals surface area (Å²) in [6, 6.07) is 5.13. The first-order valence-electron chi connectivity index (χ1n) is 4.86. The van der Waals surface area contributed by atoms with Crippen LogP contribution in [0.15, 0.2) is 18.2 Å². The third kappa shape index (κ3) is 3.99. The van der Waals surface area contributed by atoms with E-state index >= 15 is 0 Å². The van der Waals surface area contributed by atoms with Crippen LogP contribution in [0.1, 0.15) is 25.0 Å². The van der Waals surface area contributed by atoms with Crippen LogP contribution in [-0.4, -0.2) is 18.3 Å². The van der Waals surface area contributed by atoms with Gasteiger partial charge in [0, 0.05) is 19.6 Å². The van der Waals surface area contributed by atoms with Gasteiger partial charge in [0.05, 0.1) is 16.1 Å². The number of hydrogen-bond acceptors (Lipinski definition) is 2. The van der Waals surface area contributed by atoms with Gasteiger partial charge in [0.1, 0.15) is 0 Å². The Morgan fingerprint density at radius 3 is 2.67 bits per heavy atom. The minimum atomic E-state index is -0.550. The quantitative estimate of drug-likeness (QED) is 0.810. The van der Waals surface area contributed by atoms with Crippen LogP contribution in [0.3, 0.4) is 0 Å². The van der Waals surface area contributed by atoms with Crippen molar-refractivity contribution in [3.8, 4) is 0 Å². The summed E-state index contributed by atoms with van der Waals surface area (Å²) in [5, 5.41) is 10.7. The van der Waals surface area contributed by atoms with Gasteiger partial charge in [-0.1, -0.05) is 29.3 Å². The summed E-state index contributed by atoms with van der Waals surface area (Å²) >= 11 is 11.6. The summed E-state index contributed by atoms with van der Waals surface area (Å²) in [5.74, 6) is 0. The molecule has 1 unspecified atom stereocenters. The molecule has 0 saturated heterocycles. The second-order valence-corrected chi connectivity index (χ2v) is 3.99. The number of rotatable bonds is 5. The first-order valence-corrected chi connectivity index (χ1v) is 5.61. The molecule has 0 bridgehead atoms. The molecule has 0 aromatic heterocycles. The van der Waals surface area contributed by atoms with Crippen LogP contribution in [0, 0.1) is 0 Å². The van der Waals surface area contributed by atoms with Crippen LogP contribution in [0.5, 0.6) is 0 Å². The zero-order chi connectivity index (χ0) is 11.3. The van der Waals surface area contributed by atoms with Gasteiger partial charge in [-0.3, -0.25) is 0 Å². The standard InChI is InChI=1S/C11H14Cl2O2/c1-2-15-6-5-11(14)8-3-4-9(12)10(13)7-8/h3-4,7,11,14H,2,5-6H2,1H3. The van der Waals surface area contributed by atoms with E-state index in [0.29, 0.717) is 29.7 Å². The first-order chi connectivity index (χ1) is 7.15. The molecule has 0 heterocycles. The Morgan fingerprint density at radius 1 is 1.33 bits per heavy atom. The molecule has 1 aromatic carbocycles. The highest BCUT2D eigenvalue weighted by Gasteiger charge is 2.09. The lowest BCUT2D eigenvalue weighted by Gasteiger charge is -2.11. The third-order valence-corrected chi connectivity index (χ3v) is 2.81. The Morgan fingerprint density at radius 2 is 2.07 bits per heavy atom. The van der Waals surface area contributed by atoms with Crippen LogP contribution < -0.4 is 0 Å². The van der Waals surface area contributed by atoms with Gasteiger partial charge in [0.2, 0.25) is 0 Å². The molecule has 1 atom stereocenters. The van der Waals surface area contributed by atoms with Crippen molar-refractivity contribution in [2.75, 3.05) is 13.2 Å². The van der Waals surface area contributed by atoms with Gasteiger partial charge in [-0.2, -0.15) is 0 Å². The van der Waals surface area contributed by atoms with Gasteiger partial charge < -0.3 is 9.84 Å². The summed E-state index contributed by atoms with van der Waals surface area (Å²) in [6.45, 7) is 3.12. The zero-order valence-electron chi connectivity index (χ0n) is 8.54. The summed E-state index contributed by atoms with van der Waals surface area (Å²) in [5.41, 5.74) is 0.768. The summed E-state index contributed by atoms with van der Waals surface area (Å²) < 4.78 is 5.16. The number of ether oxygens (including phenoxy) is 1. The molecular weight excluding hydrogens is 235 g/mol. The number of hydrogen-bond donors (Lipinski definition) is 1. The summed E-state index contributed by atoms with van der Waals surface area (Å²) in [7, 11) is 0. The van der Waals surface area contributed by atoms with E-state index in [0.717, 1.165) is 5.56 Å². The van der Waals surface area contributed by atoms with Crippen molar-refractivity contribution in [1.82, 2.24) is 0 Å². The largest absolute Gasteiger partial charge is 0.388 e. The molecule has 15 heavy (non-hydrogen) atoms.